The molecule has 0 saturated carbocycles. The number of carbonyl (C=O) groups excluding carboxylic acids is 1. The van der Waals surface area contributed by atoms with Gasteiger partial charge in [-0.15, -0.1) is 0 Å². The number of carbonyl (C=O) groups is 1. The average Bonchev–Trinajstić information content (AvgIpc) is 3.45. The summed E-state index contributed by atoms with van der Waals surface area (Å²) in [4.78, 5) is 40.9. The number of allylic oxidation sites excluding steroid dienone is 1. The highest BCUT2D eigenvalue weighted by Gasteiger charge is 2.33. The molecular formula is C28H25BrN4O5S2. The summed E-state index contributed by atoms with van der Waals surface area (Å²) in [5, 5.41) is 1.19. The monoisotopic (exact) mass is 640 g/mol. The molecule has 1 aromatic carbocycles. The lowest BCUT2D eigenvalue weighted by molar-refractivity contribution is -0.139. The van der Waals surface area contributed by atoms with E-state index in [1.807, 2.05) is 38.1 Å². The fraction of sp³-hybridized carbons (Fsp3) is 0.250. The Hall–Kier alpha value is -3.48. The van der Waals surface area contributed by atoms with Crippen molar-refractivity contribution in [1.29, 1.82) is 0 Å². The zero-order chi connectivity index (χ0) is 28.6. The molecular weight excluding hydrogens is 616 g/mol. The Morgan fingerprint density at radius 3 is 2.60 bits per heavy atom. The predicted octanol–water partition coefficient (Wildman–Crippen LogP) is 4.72. The largest absolute Gasteiger partial charge is 0.496 e. The molecule has 0 radical (unpaired) electrons. The summed E-state index contributed by atoms with van der Waals surface area (Å²) in [6.45, 7) is 7.52. The molecule has 0 saturated heterocycles. The van der Waals surface area contributed by atoms with Crippen molar-refractivity contribution >= 4 is 51.1 Å². The van der Waals surface area contributed by atoms with Crippen molar-refractivity contribution in [2.24, 2.45) is 4.99 Å². The molecule has 4 heterocycles. The minimum absolute atomic E-state index is 0.199. The second kappa shape index (κ2) is 11.6. The van der Waals surface area contributed by atoms with Gasteiger partial charge in [0, 0.05) is 17.5 Å². The fourth-order valence-corrected chi connectivity index (χ4v) is 6.80. The van der Waals surface area contributed by atoms with E-state index in [9.17, 15) is 9.59 Å². The highest BCUT2D eigenvalue weighted by Crippen LogP contribution is 2.35. The second-order valence-corrected chi connectivity index (χ2v) is 11.7. The zero-order valence-electron chi connectivity index (χ0n) is 22.4. The molecule has 0 unspecified atom stereocenters. The van der Waals surface area contributed by atoms with Gasteiger partial charge in [-0.2, -0.15) is 0 Å². The molecule has 1 aliphatic rings. The van der Waals surface area contributed by atoms with Crippen LogP contribution in [0.15, 0.2) is 76.6 Å². The number of rotatable bonds is 7. The summed E-state index contributed by atoms with van der Waals surface area (Å²) < 4.78 is 19.4. The Balaban J connectivity index is 1.58. The number of ether oxygens (including phenoxy) is 2. The molecule has 0 N–H and O–H groups in total. The summed E-state index contributed by atoms with van der Waals surface area (Å²) >= 11 is 6.06. The predicted molar refractivity (Wildman–Crippen MR) is 155 cm³/mol. The van der Waals surface area contributed by atoms with E-state index >= 15 is 0 Å². The number of fused-ring (bicyclic) bond motifs is 1. The quantitative estimate of drug-likeness (QED) is 0.211. The minimum Gasteiger partial charge on any atom is -0.496 e. The first-order valence-electron chi connectivity index (χ1n) is 12.3. The summed E-state index contributed by atoms with van der Waals surface area (Å²) in [5.74, 6) is 0.616. The maximum atomic E-state index is 13.8. The number of methoxy groups -OCH3 is 1. The summed E-state index contributed by atoms with van der Waals surface area (Å²) in [7, 11) is 1.57. The lowest BCUT2D eigenvalue weighted by atomic mass is 9.96. The molecule has 4 aromatic rings. The number of halogens is 1. The average molecular weight is 642 g/mol. The summed E-state index contributed by atoms with van der Waals surface area (Å²) in [6, 6.07) is 10.2. The van der Waals surface area contributed by atoms with Gasteiger partial charge < -0.3 is 13.9 Å². The van der Waals surface area contributed by atoms with Crippen LogP contribution in [0.3, 0.4) is 0 Å². The second-order valence-electron chi connectivity index (χ2n) is 8.89. The van der Waals surface area contributed by atoms with Crippen molar-refractivity contribution in [3.8, 4) is 5.75 Å². The first kappa shape index (κ1) is 28.1. The van der Waals surface area contributed by atoms with Crippen molar-refractivity contribution in [2.45, 2.75) is 44.0 Å². The molecule has 0 amide bonds. The van der Waals surface area contributed by atoms with Crippen molar-refractivity contribution in [3.63, 3.8) is 0 Å². The van der Waals surface area contributed by atoms with Gasteiger partial charge in [0.15, 0.2) is 15.1 Å². The van der Waals surface area contributed by atoms with Crippen LogP contribution in [0.25, 0.3) is 6.08 Å². The van der Waals surface area contributed by atoms with E-state index in [-0.39, 0.29) is 12.2 Å². The number of hydrogen-bond donors (Lipinski definition) is 0. The van der Waals surface area contributed by atoms with Crippen molar-refractivity contribution in [2.75, 3.05) is 13.7 Å². The van der Waals surface area contributed by atoms with E-state index < -0.39 is 12.0 Å². The van der Waals surface area contributed by atoms with Crippen molar-refractivity contribution in [3.05, 3.63) is 94.5 Å². The first-order valence-corrected chi connectivity index (χ1v) is 14.7. The van der Waals surface area contributed by atoms with Gasteiger partial charge in [-0.25, -0.2) is 19.8 Å². The van der Waals surface area contributed by atoms with E-state index in [2.05, 4.69) is 30.9 Å². The molecule has 40 heavy (non-hydrogen) atoms. The number of nitrogens with zero attached hydrogens (tertiary/aromatic N) is 4. The Labute approximate surface area is 246 Å². The Morgan fingerprint density at radius 2 is 1.93 bits per heavy atom. The van der Waals surface area contributed by atoms with Gasteiger partial charge >= 0.3 is 5.97 Å². The summed E-state index contributed by atoms with van der Waals surface area (Å²) in [5.41, 5.74) is 2.97. The van der Waals surface area contributed by atoms with Gasteiger partial charge in [-0.1, -0.05) is 17.4 Å². The van der Waals surface area contributed by atoms with Crippen LogP contribution in [-0.4, -0.2) is 34.2 Å². The van der Waals surface area contributed by atoms with Gasteiger partial charge in [0.05, 0.1) is 40.0 Å². The minimum atomic E-state index is -0.732. The van der Waals surface area contributed by atoms with Crippen LogP contribution in [0, 0.1) is 13.8 Å². The van der Waals surface area contributed by atoms with Crippen LogP contribution < -0.4 is 19.6 Å². The number of thiazole rings is 1. The maximum absolute atomic E-state index is 13.8. The maximum Gasteiger partial charge on any atom is 0.338 e. The third-order valence-electron chi connectivity index (χ3n) is 6.04. The summed E-state index contributed by atoms with van der Waals surface area (Å²) in [6.07, 6.45) is 1.68. The molecule has 5 rings (SSSR count). The number of aromatic nitrogens is 3. The van der Waals surface area contributed by atoms with Crippen LogP contribution in [0.1, 0.15) is 42.6 Å². The van der Waals surface area contributed by atoms with Gasteiger partial charge in [-0.05, 0) is 91.3 Å². The van der Waals surface area contributed by atoms with Gasteiger partial charge in [-0.3, -0.25) is 9.36 Å². The number of furan rings is 1. The van der Waals surface area contributed by atoms with Crippen molar-refractivity contribution < 1.29 is 18.7 Å². The van der Waals surface area contributed by atoms with E-state index in [0.29, 0.717) is 52.4 Å². The third-order valence-corrected chi connectivity index (χ3v) is 8.43. The molecule has 206 valence electrons. The standard InChI is InChI=1S/C28H25BrN4O5S2/c1-6-37-26(35)23-16(4)32-28-33(24(23)17-7-9-20(36-5)19(29)12-17)25(34)21(39-28)13-18-8-10-22(38-18)40-27-30-14(2)11-15(3)31-27/h7-13,24H,6H2,1-5H3/b21-13+/t24-/m1/s1. The Morgan fingerprint density at radius 1 is 1.18 bits per heavy atom. The molecule has 0 spiro atoms. The van der Waals surface area contributed by atoms with Crippen molar-refractivity contribution in [1.82, 2.24) is 14.5 Å². The Kier molecular flexibility index (Phi) is 8.11. The molecule has 1 atom stereocenters. The van der Waals surface area contributed by atoms with Gasteiger partial charge in [0.1, 0.15) is 11.5 Å². The zero-order valence-corrected chi connectivity index (χ0v) is 25.6. The lowest BCUT2D eigenvalue weighted by Gasteiger charge is -2.25. The fourth-order valence-electron chi connectivity index (χ4n) is 4.38. The SMILES string of the molecule is CCOC(=O)C1=C(C)N=c2s/c(=C/c3ccc(Sc4nc(C)cc(C)n4)o3)c(=O)n2[C@@H]1c1ccc(OC)c(Br)c1. The van der Waals surface area contributed by atoms with Crippen LogP contribution in [0.2, 0.25) is 0 Å². The Bertz CT molecular complexity index is 1820. The molecule has 0 aliphatic carbocycles. The molecule has 1 aliphatic heterocycles. The number of esters is 1. The van der Waals surface area contributed by atoms with Crippen LogP contribution >= 0.6 is 39.0 Å². The normalized spacial score (nSPS) is 15.2. The van der Waals surface area contributed by atoms with Gasteiger partial charge in [0.25, 0.3) is 5.56 Å². The highest BCUT2D eigenvalue weighted by atomic mass is 79.9. The van der Waals surface area contributed by atoms with Crippen LogP contribution in [0.4, 0.5) is 0 Å². The third kappa shape index (κ3) is 5.56. The number of hydrogen-bond acceptors (Lipinski definition) is 10. The van der Waals surface area contributed by atoms with E-state index in [1.54, 1.807) is 39.2 Å². The van der Waals surface area contributed by atoms with E-state index in [4.69, 9.17) is 13.9 Å². The van der Waals surface area contributed by atoms with Crippen LogP contribution in [-0.2, 0) is 9.53 Å². The smallest absolute Gasteiger partial charge is 0.338 e. The molecule has 3 aromatic heterocycles. The molecule has 9 nitrogen and oxygen atoms in total. The van der Waals surface area contributed by atoms with Crippen LogP contribution in [0.5, 0.6) is 5.75 Å². The topological polar surface area (TPSA) is 109 Å². The van der Waals surface area contributed by atoms with E-state index in [1.165, 1.54) is 27.7 Å². The van der Waals surface area contributed by atoms with E-state index in [0.717, 1.165) is 11.4 Å². The molecule has 0 bridgehead atoms. The number of aryl methyl sites for hydroxylation is 2. The number of benzene rings is 1. The lowest BCUT2D eigenvalue weighted by Crippen LogP contribution is -2.39. The van der Waals surface area contributed by atoms with Gasteiger partial charge in [0.2, 0.25) is 0 Å². The molecule has 12 heteroatoms. The molecule has 0 fully saturated rings. The first-order chi connectivity index (χ1) is 19.2. The highest BCUT2D eigenvalue weighted by molar-refractivity contribution is 9.10.